The number of rotatable bonds is 5. The third kappa shape index (κ3) is 5.59. The van der Waals surface area contributed by atoms with Gasteiger partial charge in [0.15, 0.2) is 0 Å². The van der Waals surface area contributed by atoms with Gasteiger partial charge < -0.3 is 15.0 Å². The second-order valence-corrected chi connectivity index (χ2v) is 6.63. The number of halogens is 3. The Morgan fingerprint density at radius 1 is 1.16 bits per heavy atom. The maximum absolute atomic E-state index is 12.7. The Bertz CT molecular complexity index is 996. The number of amides is 2. The van der Waals surface area contributed by atoms with E-state index in [4.69, 9.17) is 0 Å². The summed E-state index contributed by atoms with van der Waals surface area (Å²) in [5.74, 6) is -0.654. The van der Waals surface area contributed by atoms with Crippen molar-refractivity contribution < 1.29 is 27.5 Å². The summed E-state index contributed by atoms with van der Waals surface area (Å²) in [6.45, 7) is 3.96. The van der Waals surface area contributed by atoms with E-state index < -0.39 is 23.8 Å². The van der Waals surface area contributed by atoms with Gasteiger partial charge in [-0.1, -0.05) is 6.07 Å². The monoisotopic (exact) mass is 443 g/mol. The third-order valence-electron chi connectivity index (χ3n) is 4.44. The summed E-state index contributed by atoms with van der Waals surface area (Å²) in [4.78, 5) is 40.1. The molecular weight excluding hydrogens is 423 g/mol. The molecule has 1 N–H and O–H groups in total. The van der Waals surface area contributed by atoms with E-state index >= 15 is 0 Å². The van der Waals surface area contributed by atoms with E-state index in [1.807, 2.05) is 11.8 Å². The maximum Gasteiger partial charge on any atom is 0.573 e. The topological polar surface area (TPSA) is 115 Å². The lowest BCUT2D eigenvalue weighted by molar-refractivity contribution is -0.274. The second kappa shape index (κ2) is 9.16. The minimum absolute atomic E-state index is 0.0439. The summed E-state index contributed by atoms with van der Waals surface area (Å²) in [5.41, 5.74) is -0.975. The average Bonchev–Trinajstić information content (AvgIpc) is 3.08. The van der Waals surface area contributed by atoms with Crippen LogP contribution in [0.3, 0.4) is 0 Å². The Hall–Kier alpha value is -3.42. The highest BCUT2D eigenvalue weighted by molar-refractivity contribution is 5.78. The Kier molecular flexibility index (Phi) is 6.58. The van der Waals surface area contributed by atoms with E-state index in [0.29, 0.717) is 29.0 Å². The van der Waals surface area contributed by atoms with E-state index in [-0.39, 0.29) is 31.2 Å². The number of tetrazole rings is 1. The highest BCUT2D eigenvalue weighted by Gasteiger charge is 2.31. The van der Waals surface area contributed by atoms with E-state index in [0.717, 1.165) is 12.1 Å². The van der Waals surface area contributed by atoms with Gasteiger partial charge in [0.1, 0.15) is 5.75 Å². The van der Waals surface area contributed by atoms with Crippen LogP contribution >= 0.6 is 0 Å². The average molecular weight is 443 g/mol. The molecule has 2 amide bonds. The Labute approximate surface area is 173 Å². The Morgan fingerprint density at radius 3 is 2.52 bits per heavy atom. The van der Waals surface area contributed by atoms with Crippen LogP contribution in [0, 0.1) is 0 Å². The van der Waals surface area contributed by atoms with Crippen molar-refractivity contribution >= 4 is 11.9 Å². The molecule has 1 aromatic carbocycles. The molecule has 0 aliphatic carbocycles. The standard InChI is InChI=1S/C17H20F3N7O4/c1-2-21-14(28)11-24-6-8-25(9-7-24)15(29)27-16(30)26(22-23-27)12-4-3-5-13(10-12)31-17(18,19)20/h3-5,10H,2,6-9,11H2,1H3,(H,21,28). The predicted molar refractivity (Wildman–Crippen MR) is 99.8 cm³/mol. The lowest BCUT2D eigenvalue weighted by Crippen LogP contribution is -2.53. The van der Waals surface area contributed by atoms with Crippen LogP contribution in [-0.4, -0.2) is 87.2 Å². The summed E-state index contributed by atoms with van der Waals surface area (Å²) in [7, 11) is 0. The number of benzene rings is 1. The van der Waals surface area contributed by atoms with Crippen LogP contribution in [0.1, 0.15) is 6.92 Å². The van der Waals surface area contributed by atoms with Gasteiger partial charge in [-0.25, -0.2) is 9.59 Å². The maximum atomic E-state index is 12.7. The number of piperazine rings is 1. The fourth-order valence-corrected chi connectivity index (χ4v) is 3.03. The molecule has 31 heavy (non-hydrogen) atoms. The molecule has 0 radical (unpaired) electrons. The SMILES string of the molecule is CCNC(=O)CN1CCN(C(=O)n2nnn(-c3cccc(OC(F)(F)F)c3)c2=O)CC1. The van der Waals surface area contributed by atoms with Crippen molar-refractivity contribution in [3.05, 3.63) is 34.7 Å². The van der Waals surface area contributed by atoms with Gasteiger partial charge in [0.25, 0.3) is 0 Å². The van der Waals surface area contributed by atoms with Crippen LogP contribution < -0.4 is 15.7 Å². The lowest BCUT2D eigenvalue weighted by atomic mass is 10.3. The van der Waals surface area contributed by atoms with Crippen molar-refractivity contribution in [1.29, 1.82) is 0 Å². The Morgan fingerprint density at radius 2 is 1.87 bits per heavy atom. The van der Waals surface area contributed by atoms with Crippen LogP contribution in [0.5, 0.6) is 5.75 Å². The summed E-state index contributed by atoms with van der Waals surface area (Å²) in [6.07, 6.45) is -4.89. The number of nitrogens with one attached hydrogen (secondary N) is 1. The van der Waals surface area contributed by atoms with Crippen molar-refractivity contribution in [2.24, 2.45) is 0 Å². The summed E-state index contributed by atoms with van der Waals surface area (Å²) < 4.78 is 42.3. The number of ether oxygens (including phenoxy) is 1. The van der Waals surface area contributed by atoms with Gasteiger partial charge in [-0.05, 0) is 29.5 Å². The van der Waals surface area contributed by atoms with Gasteiger partial charge in [-0.15, -0.1) is 17.9 Å². The second-order valence-electron chi connectivity index (χ2n) is 6.63. The fraction of sp³-hybridized carbons (Fsp3) is 0.471. The van der Waals surface area contributed by atoms with Crippen LogP contribution in [0.2, 0.25) is 0 Å². The van der Waals surface area contributed by atoms with Gasteiger partial charge in [-0.2, -0.15) is 4.68 Å². The molecule has 2 heterocycles. The summed E-state index contributed by atoms with van der Waals surface area (Å²) in [5, 5.41) is 9.83. The van der Waals surface area contributed by atoms with E-state index in [1.54, 1.807) is 0 Å². The van der Waals surface area contributed by atoms with Crippen LogP contribution in [0.25, 0.3) is 5.69 Å². The van der Waals surface area contributed by atoms with Crippen molar-refractivity contribution in [1.82, 2.24) is 34.9 Å². The minimum Gasteiger partial charge on any atom is -0.406 e. The molecule has 0 bridgehead atoms. The molecule has 1 aliphatic heterocycles. The van der Waals surface area contributed by atoms with Gasteiger partial charge in [0.2, 0.25) is 5.91 Å². The molecule has 0 unspecified atom stereocenters. The van der Waals surface area contributed by atoms with E-state index in [1.165, 1.54) is 17.0 Å². The normalized spacial score (nSPS) is 15.0. The lowest BCUT2D eigenvalue weighted by Gasteiger charge is -2.33. The molecule has 11 nitrogen and oxygen atoms in total. The van der Waals surface area contributed by atoms with Crippen LogP contribution in [-0.2, 0) is 4.79 Å². The summed E-state index contributed by atoms with van der Waals surface area (Å²) >= 11 is 0. The third-order valence-corrected chi connectivity index (χ3v) is 4.44. The van der Waals surface area contributed by atoms with E-state index in [2.05, 4.69) is 20.5 Å². The number of alkyl halides is 3. The number of carbonyl (C=O) groups is 2. The molecule has 1 fully saturated rings. The smallest absolute Gasteiger partial charge is 0.406 e. The van der Waals surface area contributed by atoms with Gasteiger partial charge in [0.05, 0.1) is 12.2 Å². The van der Waals surface area contributed by atoms with Crippen molar-refractivity contribution in [2.75, 3.05) is 39.3 Å². The first-order chi connectivity index (χ1) is 14.7. The first-order valence-corrected chi connectivity index (χ1v) is 9.37. The van der Waals surface area contributed by atoms with E-state index in [9.17, 15) is 27.6 Å². The molecule has 0 saturated carbocycles. The molecule has 168 valence electrons. The molecular formula is C17H20F3N7O4. The first kappa shape index (κ1) is 22.3. The van der Waals surface area contributed by atoms with Crippen molar-refractivity contribution in [3.8, 4) is 11.4 Å². The summed E-state index contributed by atoms with van der Waals surface area (Å²) in [6, 6.07) is 3.89. The zero-order valence-electron chi connectivity index (χ0n) is 16.5. The molecule has 3 rings (SSSR count). The highest BCUT2D eigenvalue weighted by Crippen LogP contribution is 2.23. The number of hydrogen-bond acceptors (Lipinski definition) is 7. The molecule has 2 aromatic rings. The quantitative estimate of drug-likeness (QED) is 0.650. The zero-order chi connectivity index (χ0) is 22.6. The van der Waals surface area contributed by atoms with Gasteiger partial charge in [-0.3, -0.25) is 9.69 Å². The molecule has 1 saturated heterocycles. The minimum atomic E-state index is -4.89. The zero-order valence-corrected chi connectivity index (χ0v) is 16.5. The number of carbonyl (C=O) groups excluding carboxylic acids is 2. The number of hydrogen-bond donors (Lipinski definition) is 1. The fourth-order valence-electron chi connectivity index (χ4n) is 3.03. The number of nitrogens with zero attached hydrogens (tertiary/aromatic N) is 6. The Balaban J connectivity index is 1.68. The predicted octanol–water partition coefficient (Wildman–Crippen LogP) is 0.0494. The van der Waals surface area contributed by atoms with Gasteiger partial charge >= 0.3 is 18.1 Å². The van der Waals surface area contributed by atoms with Gasteiger partial charge in [0, 0.05) is 38.8 Å². The van der Waals surface area contributed by atoms with Crippen LogP contribution in [0.4, 0.5) is 18.0 Å². The first-order valence-electron chi connectivity index (χ1n) is 9.37. The number of likely N-dealkylation sites (N-methyl/N-ethyl adjacent to an activating group) is 1. The number of aromatic nitrogens is 4. The molecule has 0 atom stereocenters. The van der Waals surface area contributed by atoms with Crippen LogP contribution in [0.15, 0.2) is 29.1 Å². The van der Waals surface area contributed by atoms with Crippen molar-refractivity contribution in [2.45, 2.75) is 13.3 Å². The molecule has 14 heteroatoms. The molecule has 1 aliphatic rings. The molecule has 0 spiro atoms. The highest BCUT2D eigenvalue weighted by atomic mass is 19.4. The van der Waals surface area contributed by atoms with Crippen molar-refractivity contribution in [3.63, 3.8) is 0 Å². The molecule has 1 aromatic heterocycles. The largest absolute Gasteiger partial charge is 0.573 e.